The Kier molecular flexibility index (Phi) is 6.11. The van der Waals surface area contributed by atoms with E-state index in [-0.39, 0.29) is 17.0 Å². The predicted octanol–water partition coefficient (Wildman–Crippen LogP) is 6.79. The van der Waals surface area contributed by atoms with Crippen LogP contribution in [0.15, 0.2) is 72.8 Å². The molecule has 0 N–H and O–H groups in total. The number of hydrogen-bond donors (Lipinski definition) is 0. The first kappa shape index (κ1) is 19.6. The van der Waals surface area contributed by atoms with Crippen LogP contribution in [0.4, 0.5) is 4.39 Å². The second-order valence-corrected chi connectivity index (χ2v) is 7.36. The predicted molar refractivity (Wildman–Crippen MR) is 110 cm³/mol. The molecule has 1 atom stereocenters. The van der Waals surface area contributed by atoms with Gasteiger partial charge in [0, 0.05) is 0 Å². The molecule has 142 valence electrons. The van der Waals surface area contributed by atoms with Gasteiger partial charge in [0.05, 0.1) is 11.6 Å². The Hall–Kier alpha value is -3.12. The number of hydrogen-bond acceptors (Lipinski definition) is 2. The number of nitrogens with zero attached hydrogens (tertiary/aromatic N) is 1. The fourth-order valence-electron chi connectivity index (χ4n) is 3.64. The van der Waals surface area contributed by atoms with Crippen molar-refractivity contribution in [2.45, 2.75) is 38.5 Å². The molecule has 0 aliphatic heterocycles. The van der Waals surface area contributed by atoms with E-state index in [4.69, 9.17) is 10.00 Å². The summed E-state index contributed by atoms with van der Waals surface area (Å²) in [5.41, 5.74) is 2.75. The Labute approximate surface area is 166 Å². The number of benzene rings is 3. The van der Waals surface area contributed by atoms with Crippen molar-refractivity contribution < 1.29 is 9.13 Å². The summed E-state index contributed by atoms with van der Waals surface area (Å²) in [5.74, 6) is 0.479. The second kappa shape index (κ2) is 8.71. The molecule has 0 saturated carbocycles. The van der Waals surface area contributed by atoms with E-state index in [9.17, 15) is 4.39 Å². The first-order chi connectivity index (χ1) is 13.5. The van der Waals surface area contributed by atoms with Gasteiger partial charge in [-0.2, -0.15) is 5.26 Å². The first-order valence-electron chi connectivity index (χ1n) is 9.56. The summed E-state index contributed by atoms with van der Waals surface area (Å²) in [5, 5.41) is 9.05. The molecule has 3 aromatic carbocycles. The van der Waals surface area contributed by atoms with Crippen molar-refractivity contribution >= 4 is 0 Å². The van der Waals surface area contributed by atoms with Gasteiger partial charge in [-0.25, -0.2) is 4.39 Å². The van der Waals surface area contributed by atoms with Crippen molar-refractivity contribution in [3.63, 3.8) is 0 Å². The lowest BCUT2D eigenvalue weighted by atomic mass is 9.74. The van der Waals surface area contributed by atoms with Gasteiger partial charge in [-0.3, -0.25) is 0 Å². The van der Waals surface area contributed by atoms with Crippen LogP contribution in [0.1, 0.15) is 43.4 Å². The molecule has 0 heterocycles. The van der Waals surface area contributed by atoms with E-state index in [1.807, 2.05) is 60.7 Å². The molecule has 0 spiro atoms. The van der Waals surface area contributed by atoms with Crippen LogP contribution in [0, 0.1) is 17.1 Å². The van der Waals surface area contributed by atoms with E-state index in [0.29, 0.717) is 11.3 Å². The number of ether oxygens (including phenoxy) is 1. The van der Waals surface area contributed by atoms with Crippen LogP contribution in [-0.4, -0.2) is 0 Å². The van der Waals surface area contributed by atoms with Crippen molar-refractivity contribution in [1.82, 2.24) is 0 Å². The van der Waals surface area contributed by atoms with Gasteiger partial charge >= 0.3 is 0 Å². The Morgan fingerprint density at radius 3 is 2.36 bits per heavy atom. The lowest BCUT2D eigenvalue weighted by molar-refractivity contribution is 0.419. The highest BCUT2D eigenvalue weighted by Crippen LogP contribution is 2.35. The fraction of sp³-hybridized carbons (Fsp3) is 0.240. The molecular weight excluding hydrogens is 349 g/mol. The van der Waals surface area contributed by atoms with Crippen molar-refractivity contribution in [1.29, 1.82) is 5.26 Å². The summed E-state index contributed by atoms with van der Waals surface area (Å²) in [4.78, 5) is 0. The third kappa shape index (κ3) is 4.58. The molecule has 3 aromatic rings. The van der Waals surface area contributed by atoms with Gasteiger partial charge in [0.25, 0.3) is 0 Å². The van der Waals surface area contributed by atoms with Crippen LogP contribution in [0.3, 0.4) is 0 Å². The zero-order valence-electron chi connectivity index (χ0n) is 16.3. The van der Waals surface area contributed by atoms with Crippen LogP contribution in [-0.2, 0) is 11.8 Å². The highest BCUT2D eigenvalue weighted by molar-refractivity contribution is 5.39. The largest absolute Gasteiger partial charge is 0.454 e. The maximum atomic E-state index is 14.3. The van der Waals surface area contributed by atoms with E-state index in [1.165, 1.54) is 11.6 Å². The van der Waals surface area contributed by atoms with E-state index >= 15 is 0 Å². The number of nitriles is 1. The number of para-hydroxylation sites is 1. The minimum atomic E-state index is -0.372. The molecule has 0 aliphatic carbocycles. The summed E-state index contributed by atoms with van der Waals surface area (Å²) in [7, 11) is 0. The SMILES string of the molecule is CCCC(C)(Cc1ccc(F)c(Oc2ccccc2)c1)c1ccc(C#N)cc1. The summed E-state index contributed by atoms with van der Waals surface area (Å²) < 4.78 is 20.0. The third-order valence-corrected chi connectivity index (χ3v) is 5.07. The van der Waals surface area contributed by atoms with Gasteiger partial charge in [-0.15, -0.1) is 0 Å². The molecule has 0 radical (unpaired) electrons. The molecule has 0 amide bonds. The van der Waals surface area contributed by atoms with Crippen LogP contribution >= 0.6 is 0 Å². The van der Waals surface area contributed by atoms with Crippen LogP contribution < -0.4 is 4.74 Å². The standard InChI is InChI=1S/C25H24FNO/c1-3-15-25(2,21-12-9-19(18-27)10-13-21)17-20-11-14-23(26)24(16-20)28-22-7-5-4-6-8-22/h4-14,16H,3,15,17H2,1-2H3. The monoisotopic (exact) mass is 373 g/mol. The van der Waals surface area contributed by atoms with E-state index in [0.717, 1.165) is 24.8 Å². The van der Waals surface area contributed by atoms with Gasteiger partial charge in [-0.05, 0) is 65.8 Å². The molecule has 0 bridgehead atoms. The van der Waals surface area contributed by atoms with Crippen molar-refractivity contribution in [3.05, 3.63) is 95.3 Å². The normalized spacial score (nSPS) is 12.8. The molecule has 3 heteroatoms. The second-order valence-electron chi connectivity index (χ2n) is 7.36. The zero-order valence-corrected chi connectivity index (χ0v) is 16.3. The highest BCUT2D eigenvalue weighted by Gasteiger charge is 2.26. The third-order valence-electron chi connectivity index (χ3n) is 5.07. The van der Waals surface area contributed by atoms with Gasteiger partial charge in [-0.1, -0.05) is 56.7 Å². The molecule has 28 heavy (non-hydrogen) atoms. The lowest BCUT2D eigenvalue weighted by Crippen LogP contribution is -2.25. The Bertz CT molecular complexity index is 960. The van der Waals surface area contributed by atoms with Crippen molar-refractivity contribution in [2.24, 2.45) is 0 Å². The van der Waals surface area contributed by atoms with Crippen LogP contribution in [0.25, 0.3) is 0 Å². The average molecular weight is 373 g/mol. The van der Waals surface area contributed by atoms with Crippen molar-refractivity contribution in [2.75, 3.05) is 0 Å². The number of rotatable bonds is 7. The summed E-state index contributed by atoms with van der Waals surface area (Å²) in [6.45, 7) is 4.38. The van der Waals surface area contributed by atoms with E-state index in [1.54, 1.807) is 6.07 Å². The van der Waals surface area contributed by atoms with E-state index < -0.39 is 0 Å². The van der Waals surface area contributed by atoms with Crippen LogP contribution in [0.2, 0.25) is 0 Å². The minimum absolute atomic E-state index is 0.107. The molecular formula is C25H24FNO. The maximum Gasteiger partial charge on any atom is 0.165 e. The average Bonchev–Trinajstić information content (AvgIpc) is 2.71. The molecule has 0 fully saturated rings. The maximum absolute atomic E-state index is 14.3. The highest BCUT2D eigenvalue weighted by atomic mass is 19.1. The minimum Gasteiger partial charge on any atom is -0.454 e. The smallest absolute Gasteiger partial charge is 0.165 e. The number of halogens is 1. The quantitative estimate of drug-likeness (QED) is 0.457. The Balaban J connectivity index is 1.88. The fourth-order valence-corrected chi connectivity index (χ4v) is 3.64. The molecule has 1 unspecified atom stereocenters. The van der Waals surface area contributed by atoms with Gasteiger partial charge < -0.3 is 4.74 Å². The first-order valence-corrected chi connectivity index (χ1v) is 9.56. The molecule has 3 rings (SSSR count). The van der Waals surface area contributed by atoms with E-state index in [2.05, 4.69) is 19.9 Å². The van der Waals surface area contributed by atoms with Crippen molar-refractivity contribution in [3.8, 4) is 17.6 Å². The molecule has 2 nitrogen and oxygen atoms in total. The summed E-state index contributed by atoms with van der Waals surface area (Å²) >= 11 is 0. The van der Waals surface area contributed by atoms with Gasteiger partial charge in [0.1, 0.15) is 5.75 Å². The lowest BCUT2D eigenvalue weighted by Gasteiger charge is -2.30. The summed E-state index contributed by atoms with van der Waals surface area (Å²) in [6.07, 6.45) is 2.79. The Morgan fingerprint density at radius 1 is 1.00 bits per heavy atom. The Morgan fingerprint density at radius 2 is 1.71 bits per heavy atom. The van der Waals surface area contributed by atoms with Gasteiger partial charge in [0.2, 0.25) is 0 Å². The summed E-state index contributed by atoms with van der Waals surface area (Å²) in [6, 6.07) is 24.3. The molecule has 0 saturated heterocycles. The zero-order chi connectivity index (χ0) is 20.0. The molecule has 0 aromatic heterocycles. The topological polar surface area (TPSA) is 33.0 Å². The van der Waals surface area contributed by atoms with Gasteiger partial charge in [0.15, 0.2) is 11.6 Å². The van der Waals surface area contributed by atoms with Crippen LogP contribution in [0.5, 0.6) is 11.5 Å². The molecule has 0 aliphatic rings.